The van der Waals surface area contributed by atoms with E-state index in [1.165, 1.54) is 10.6 Å². The van der Waals surface area contributed by atoms with Crippen molar-refractivity contribution in [1.82, 2.24) is 0 Å². The van der Waals surface area contributed by atoms with Gasteiger partial charge in [0.2, 0.25) is 10.0 Å². The average molecular weight is 198 g/mol. The van der Waals surface area contributed by atoms with E-state index in [1.54, 1.807) is 6.07 Å². The Balaban J connectivity index is 2.51. The molecule has 13 heavy (non-hydrogen) atoms. The van der Waals surface area contributed by atoms with Gasteiger partial charge < -0.3 is 5.32 Å². The zero-order chi connectivity index (χ0) is 9.47. The van der Waals surface area contributed by atoms with Crippen LogP contribution in [0.3, 0.4) is 0 Å². The van der Waals surface area contributed by atoms with Crippen molar-refractivity contribution in [3.63, 3.8) is 0 Å². The molecule has 1 heterocycles. The van der Waals surface area contributed by atoms with Crippen molar-refractivity contribution in [3.05, 3.63) is 24.3 Å². The van der Waals surface area contributed by atoms with Crippen molar-refractivity contribution in [2.45, 2.75) is 0 Å². The van der Waals surface area contributed by atoms with Crippen LogP contribution in [0.25, 0.3) is 0 Å². The third-order valence-corrected chi connectivity index (χ3v) is 3.11. The average Bonchev–Trinajstić information content (AvgIpc) is 2.45. The quantitative estimate of drug-likeness (QED) is 0.727. The Kier molecular flexibility index (Phi) is 1.69. The molecule has 0 radical (unpaired) electrons. The van der Waals surface area contributed by atoms with Gasteiger partial charge in [0.05, 0.1) is 17.6 Å². The summed E-state index contributed by atoms with van der Waals surface area (Å²) in [6.45, 7) is 0.332. The van der Waals surface area contributed by atoms with E-state index in [1.807, 2.05) is 18.2 Å². The molecule has 1 N–H and O–H groups in total. The minimum absolute atomic E-state index is 0.332. The minimum Gasteiger partial charge on any atom is -0.365 e. The fraction of sp³-hybridized carbons (Fsp3) is 0.250. The molecule has 0 saturated heterocycles. The van der Waals surface area contributed by atoms with E-state index in [0.717, 1.165) is 11.4 Å². The second-order valence-electron chi connectivity index (χ2n) is 2.96. The molecule has 0 fully saturated rings. The van der Waals surface area contributed by atoms with Crippen LogP contribution in [0.15, 0.2) is 24.3 Å². The van der Waals surface area contributed by atoms with Crippen molar-refractivity contribution >= 4 is 21.4 Å². The maximum Gasteiger partial charge on any atom is 0.233 e. The molecule has 1 aliphatic rings. The standard InChI is InChI=1S/C8H10N2O2S/c1-13(11,12)10-6-9-7-4-2-3-5-8(7)10/h2-5,9H,6H2,1H3. The first-order valence-corrected chi connectivity index (χ1v) is 5.74. The molecule has 70 valence electrons. The lowest BCUT2D eigenvalue weighted by Gasteiger charge is -2.14. The van der Waals surface area contributed by atoms with E-state index in [2.05, 4.69) is 5.32 Å². The summed E-state index contributed by atoms with van der Waals surface area (Å²) in [5.41, 5.74) is 1.60. The molecule has 0 spiro atoms. The Labute approximate surface area is 77.2 Å². The largest absolute Gasteiger partial charge is 0.365 e. The topological polar surface area (TPSA) is 49.4 Å². The molecule has 1 aromatic carbocycles. The number of fused-ring (bicyclic) bond motifs is 1. The predicted molar refractivity (Wildman–Crippen MR) is 52.3 cm³/mol. The molecule has 0 atom stereocenters. The van der Waals surface area contributed by atoms with Gasteiger partial charge in [0.25, 0.3) is 0 Å². The molecule has 4 nitrogen and oxygen atoms in total. The maximum atomic E-state index is 11.3. The number of nitrogens with zero attached hydrogens (tertiary/aromatic N) is 1. The van der Waals surface area contributed by atoms with Gasteiger partial charge in [-0.2, -0.15) is 0 Å². The molecular formula is C8H10N2O2S. The fourth-order valence-corrected chi connectivity index (χ4v) is 2.19. The Morgan fingerprint density at radius 3 is 2.77 bits per heavy atom. The molecule has 1 aromatic rings. The van der Waals surface area contributed by atoms with Crippen LogP contribution >= 0.6 is 0 Å². The summed E-state index contributed by atoms with van der Waals surface area (Å²) in [6, 6.07) is 7.35. The highest BCUT2D eigenvalue weighted by Gasteiger charge is 2.24. The molecular weight excluding hydrogens is 188 g/mol. The van der Waals surface area contributed by atoms with Crippen molar-refractivity contribution in [3.8, 4) is 0 Å². The van der Waals surface area contributed by atoms with E-state index in [-0.39, 0.29) is 0 Å². The van der Waals surface area contributed by atoms with Crippen LogP contribution < -0.4 is 9.62 Å². The number of para-hydroxylation sites is 2. The Morgan fingerprint density at radius 2 is 2.08 bits per heavy atom. The molecule has 0 unspecified atom stereocenters. The zero-order valence-corrected chi connectivity index (χ0v) is 8.00. The highest BCUT2D eigenvalue weighted by molar-refractivity contribution is 7.92. The monoisotopic (exact) mass is 198 g/mol. The van der Waals surface area contributed by atoms with Gasteiger partial charge >= 0.3 is 0 Å². The lowest BCUT2D eigenvalue weighted by Crippen LogP contribution is -2.29. The van der Waals surface area contributed by atoms with Crippen LogP contribution in [0.2, 0.25) is 0 Å². The molecule has 5 heteroatoms. The van der Waals surface area contributed by atoms with Crippen LogP contribution in [0.1, 0.15) is 0 Å². The minimum atomic E-state index is -3.15. The summed E-state index contributed by atoms with van der Waals surface area (Å²) < 4.78 is 23.9. The van der Waals surface area contributed by atoms with Crippen molar-refractivity contribution in [2.75, 3.05) is 22.5 Å². The number of anilines is 2. The van der Waals surface area contributed by atoms with Gasteiger partial charge in [-0.25, -0.2) is 12.7 Å². The summed E-state index contributed by atoms with van der Waals surface area (Å²) in [5, 5.41) is 3.00. The van der Waals surface area contributed by atoms with E-state index in [0.29, 0.717) is 6.67 Å². The molecule has 0 aliphatic carbocycles. The van der Waals surface area contributed by atoms with Gasteiger partial charge in [0.1, 0.15) is 6.67 Å². The Bertz CT molecular complexity index is 428. The van der Waals surface area contributed by atoms with Crippen molar-refractivity contribution in [2.24, 2.45) is 0 Å². The predicted octanol–water partition coefficient (Wildman–Crippen LogP) is 0.836. The number of nitrogens with one attached hydrogen (secondary N) is 1. The molecule has 1 aliphatic heterocycles. The van der Waals surface area contributed by atoms with E-state index >= 15 is 0 Å². The number of benzene rings is 1. The third-order valence-electron chi connectivity index (χ3n) is 1.99. The highest BCUT2D eigenvalue weighted by atomic mass is 32.2. The second kappa shape index (κ2) is 2.63. The van der Waals surface area contributed by atoms with Crippen LogP contribution in [-0.2, 0) is 10.0 Å². The number of sulfonamides is 1. The summed E-state index contributed by atoms with van der Waals surface area (Å²) in [4.78, 5) is 0. The summed E-state index contributed by atoms with van der Waals surface area (Å²) >= 11 is 0. The maximum absolute atomic E-state index is 11.3. The van der Waals surface area contributed by atoms with E-state index < -0.39 is 10.0 Å². The fourth-order valence-electron chi connectivity index (χ4n) is 1.38. The van der Waals surface area contributed by atoms with Crippen molar-refractivity contribution < 1.29 is 8.42 Å². The first-order chi connectivity index (χ1) is 6.09. The SMILES string of the molecule is CS(=O)(=O)N1CNc2ccccc21. The second-order valence-corrected chi connectivity index (χ2v) is 4.87. The van der Waals surface area contributed by atoms with Gasteiger partial charge in [0, 0.05) is 0 Å². The van der Waals surface area contributed by atoms with Crippen LogP contribution in [0.5, 0.6) is 0 Å². The van der Waals surface area contributed by atoms with Crippen molar-refractivity contribution in [1.29, 1.82) is 0 Å². The molecule has 0 bridgehead atoms. The van der Waals surface area contributed by atoms with E-state index in [9.17, 15) is 8.42 Å². The van der Waals surface area contributed by atoms with E-state index in [4.69, 9.17) is 0 Å². The smallest absolute Gasteiger partial charge is 0.233 e. The van der Waals surface area contributed by atoms with Crippen LogP contribution in [0, 0.1) is 0 Å². The Hall–Kier alpha value is -1.23. The first-order valence-electron chi connectivity index (χ1n) is 3.89. The summed E-state index contributed by atoms with van der Waals surface area (Å²) in [7, 11) is -3.15. The van der Waals surface area contributed by atoms with Gasteiger partial charge in [-0.15, -0.1) is 0 Å². The molecule has 0 amide bonds. The lowest BCUT2D eigenvalue weighted by atomic mass is 10.3. The summed E-state index contributed by atoms with van der Waals surface area (Å²) in [5.74, 6) is 0. The number of hydrogen-bond acceptors (Lipinski definition) is 3. The highest BCUT2D eigenvalue weighted by Crippen LogP contribution is 2.31. The normalized spacial score (nSPS) is 15.3. The first kappa shape index (κ1) is 8.37. The van der Waals surface area contributed by atoms with Crippen LogP contribution in [0.4, 0.5) is 11.4 Å². The van der Waals surface area contributed by atoms with Gasteiger partial charge in [-0.05, 0) is 12.1 Å². The zero-order valence-electron chi connectivity index (χ0n) is 7.19. The third kappa shape index (κ3) is 1.35. The summed E-state index contributed by atoms with van der Waals surface area (Å²) in [6.07, 6.45) is 1.21. The number of rotatable bonds is 1. The van der Waals surface area contributed by atoms with Crippen LogP contribution in [-0.4, -0.2) is 21.3 Å². The van der Waals surface area contributed by atoms with Gasteiger partial charge in [-0.1, -0.05) is 12.1 Å². The Morgan fingerprint density at radius 1 is 1.38 bits per heavy atom. The molecule has 2 rings (SSSR count). The lowest BCUT2D eigenvalue weighted by molar-refractivity contribution is 0.599. The molecule has 0 aromatic heterocycles. The van der Waals surface area contributed by atoms with Gasteiger partial charge in [0.15, 0.2) is 0 Å². The number of hydrogen-bond donors (Lipinski definition) is 1. The van der Waals surface area contributed by atoms with Gasteiger partial charge in [-0.3, -0.25) is 0 Å². The molecule has 0 saturated carbocycles.